The van der Waals surface area contributed by atoms with Crippen LogP contribution in [0.5, 0.6) is 0 Å². The lowest BCUT2D eigenvalue weighted by Crippen LogP contribution is -2.24. The SMILES string of the molecule is Cn1cnnc1CNC(=O)c1sc2ccc(F)cc2c1N. The molecule has 0 saturated carbocycles. The Balaban J connectivity index is 1.84. The largest absolute Gasteiger partial charge is 0.397 e. The fraction of sp³-hybridized carbons (Fsp3) is 0.154. The number of nitrogens with one attached hydrogen (secondary N) is 1. The number of nitrogens with zero attached hydrogens (tertiary/aromatic N) is 3. The van der Waals surface area contributed by atoms with Crippen LogP contribution in [0, 0.1) is 5.82 Å². The number of benzene rings is 1. The molecule has 1 aromatic carbocycles. The van der Waals surface area contributed by atoms with Crippen molar-refractivity contribution in [2.45, 2.75) is 6.54 Å². The molecule has 0 saturated heterocycles. The molecular weight excluding hydrogens is 293 g/mol. The summed E-state index contributed by atoms with van der Waals surface area (Å²) in [7, 11) is 1.79. The average Bonchev–Trinajstić information content (AvgIpc) is 3.01. The number of carbonyl (C=O) groups is 1. The third-order valence-electron chi connectivity index (χ3n) is 3.11. The number of aryl methyl sites for hydroxylation is 1. The van der Waals surface area contributed by atoms with Crippen LogP contribution in [0.4, 0.5) is 10.1 Å². The molecule has 8 heteroatoms. The van der Waals surface area contributed by atoms with E-state index in [1.165, 1.54) is 23.5 Å². The van der Waals surface area contributed by atoms with Crippen LogP contribution in [0.3, 0.4) is 0 Å². The lowest BCUT2D eigenvalue weighted by atomic mass is 10.2. The highest BCUT2D eigenvalue weighted by atomic mass is 32.1. The molecule has 6 nitrogen and oxygen atoms in total. The van der Waals surface area contributed by atoms with E-state index in [0.717, 1.165) is 4.70 Å². The van der Waals surface area contributed by atoms with Crippen molar-refractivity contribution in [1.29, 1.82) is 0 Å². The van der Waals surface area contributed by atoms with Crippen molar-refractivity contribution < 1.29 is 9.18 Å². The van der Waals surface area contributed by atoms with Crippen LogP contribution in [0.15, 0.2) is 24.5 Å². The quantitative estimate of drug-likeness (QED) is 0.771. The highest BCUT2D eigenvalue weighted by Gasteiger charge is 2.17. The first-order chi connectivity index (χ1) is 10.1. The molecule has 0 bridgehead atoms. The summed E-state index contributed by atoms with van der Waals surface area (Å²) < 4.78 is 15.7. The molecule has 21 heavy (non-hydrogen) atoms. The van der Waals surface area contributed by atoms with Crippen LogP contribution >= 0.6 is 11.3 Å². The maximum atomic E-state index is 13.2. The van der Waals surface area contributed by atoms with Crippen molar-refractivity contribution in [3.63, 3.8) is 0 Å². The number of halogens is 1. The first kappa shape index (κ1) is 13.5. The Labute approximate surface area is 123 Å². The Bertz CT molecular complexity index is 825. The second-order valence-corrected chi connectivity index (χ2v) is 5.58. The number of nitrogen functional groups attached to an aromatic ring is 1. The molecule has 0 radical (unpaired) electrons. The third-order valence-corrected chi connectivity index (χ3v) is 4.29. The molecule has 2 aromatic heterocycles. The third kappa shape index (κ3) is 2.45. The zero-order chi connectivity index (χ0) is 15.0. The zero-order valence-electron chi connectivity index (χ0n) is 11.1. The van der Waals surface area contributed by atoms with Crippen molar-refractivity contribution >= 4 is 33.0 Å². The summed E-state index contributed by atoms with van der Waals surface area (Å²) >= 11 is 1.24. The van der Waals surface area contributed by atoms with Crippen molar-refractivity contribution in [2.24, 2.45) is 7.05 Å². The van der Waals surface area contributed by atoms with Crippen molar-refractivity contribution in [2.75, 3.05) is 5.73 Å². The number of nitrogens with two attached hydrogens (primary N) is 1. The van der Waals surface area contributed by atoms with Gasteiger partial charge in [0.1, 0.15) is 17.0 Å². The van der Waals surface area contributed by atoms with Gasteiger partial charge >= 0.3 is 0 Å². The highest BCUT2D eigenvalue weighted by molar-refractivity contribution is 7.21. The number of hydrogen-bond donors (Lipinski definition) is 2. The van der Waals surface area contributed by atoms with Crippen molar-refractivity contribution in [3.8, 4) is 0 Å². The number of rotatable bonds is 3. The minimum atomic E-state index is -0.377. The summed E-state index contributed by atoms with van der Waals surface area (Å²) in [4.78, 5) is 12.6. The molecule has 3 rings (SSSR count). The predicted molar refractivity (Wildman–Crippen MR) is 78.4 cm³/mol. The van der Waals surface area contributed by atoms with E-state index < -0.39 is 0 Å². The Morgan fingerprint density at radius 2 is 2.33 bits per heavy atom. The number of carbonyl (C=O) groups excluding carboxylic acids is 1. The molecule has 0 fully saturated rings. The van der Waals surface area contributed by atoms with Gasteiger partial charge in [0.25, 0.3) is 5.91 Å². The molecule has 0 spiro atoms. The van der Waals surface area contributed by atoms with Crippen molar-refractivity contribution in [1.82, 2.24) is 20.1 Å². The molecule has 3 aromatic rings. The minimum Gasteiger partial charge on any atom is -0.397 e. The second kappa shape index (κ2) is 5.13. The van der Waals surface area contributed by atoms with E-state index in [-0.39, 0.29) is 18.3 Å². The van der Waals surface area contributed by atoms with Gasteiger partial charge in [-0.15, -0.1) is 21.5 Å². The molecule has 2 heterocycles. The minimum absolute atomic E-state index is 0.247. The van der Waals surface area contributed by atoms with E-state index in [0.29, 0.717) is 21.8 Å². The number of hydrogen-bond acceptors (Lipinski definition) is 5. The maximum absolute atomic E-state index is 13.2. The van der Waals surface area contributed by atoms with Gasteiger partial charge in [0.15, 0.2) is 5.82 Å². The predicted octanol–water partition coefficient (Wildman–Crippen LogP) is 1.68. The van der Waals surface area contributed by atoms with Gasteiger partial charge in [-0.2, -0.15) is 0 Å². The van der Waals surface area contributed by atoms with E-state index in [1.807, 2.05) is 0 Å². The Hall–Kier alpha value is -2.48. The van der Waals surface area contributed by atoms with Gasteiger partial charge in [-0.05, 0) is 18.2 Å². The molecule has 0 atom stereocenters. The Morgan fingerprint density at radius 1 is 1.52 bits per heavy atom. The molecule has 3 N–H and O–H groups in total. The maximum Gasteiger partial charge on any atom is 0.263 e. The Kier molecular flexibility index (Phi) is 3.30. The lowest BCUT2D eigenvalue weighted by molar-refractivity contribution is 0.0954. The number of thiophene rings is 1. The first-order valence-electron chi connectivity index (χ1n) is 6.15. The van der Waals surface area contributed by atoms with E-state index >= 15 is 0 Å². The van der Waals surface area contributed by atoms with Crippen LogP contribution in [0.25, 0.3) is 10.1 Å². The van der Waals surface area contributed by atoms with E-state index in [9.17, 15) is 9.18 Å². The van der Waals surface area contributed by atoms with Crippen LogP contribution in [0.1, 0.15) is 15.5 Å². The first-order valence-corrected chi connectivity index (χ1v) is 6.96. The molecule has 0 aliphatic carbocycles. The van der Waals surface area contributed by atoms with Gasteiger partial charge in [-0.1, -0.05) is 0 Å². The normalized spacial score (nSPS) is 11.0. The molecular formula is C13H12FN5OS. The van der Waals surface area contributed by atoms with Crippen LogP contribution in [-0.4, -0.2) is 20.7 Å². The van der Waals surface area contributed by atoms with E-state index in [1.54, 1.807) is 24.0 Å². The van der Waals surface area contributed by atoms with E-state index in [4.69, 9.17) is 5.73 Å². The van der Waals surface area contributed by atoms with Crippen molar-refractivity contribution in [3.05, 3.63) is 41.0 Å². The molecule has 0 aliphatic heterocycles. The van der Waals surface area contributed by atoms with Gasteiger partial charge in [-0.3, -0.25) is 4.79 Å². The number of amides is 1. The van der Waals surface area contributed by atoms with Gasteiger partial charge in [-0.25, -0.2) is 4.39 Å². The smallest absolute Gasteiger partial charge is 0.263 e. The summed E-state index contributed by atoms with van der Waals surface area (Å²) in [6.45, 7) is 0.247. The Morgan fingerprint density at radius 3 is 3.05 bits per heavy atom. The topological polar surface area (TPSA) is 85.8 Å². The molecule has 108 valence electrons. The highest BCUT2D eigenvalue weighted by Crippen LogP contribution is 2.33. The van der Waals surface area contributed by atoms with Crippen LogP contribution in [0.2, 0.25) is 0 Å². The summed E-state index contributed by atoms with van der Waals surface area (Å²) in [5, 5.41) is 10.9. The number of fused-ring (bicyclic) bond motifs is 1. The van der Waals surface area contributed by atoms with Crippen LogP contribution < -0.4 is 11.1 Å². The van der Waals surface area contributed by atoms with Gasteiger partial charge < -0.3 is 15.6 Å². The molecule has 1 amide bonds. The fourth-order valence-corrected chi connectivity index (χ4v) is 2.98. The fourth-order valence-electron chi connectivity index (χ4n) is 1.96. The number of aromatic nitrogens is 3. The summed E-state index contributed by atoms with van der Waals surface area (Å²) in [6.07, 6.45) is 1.55. The second-order valence-electron chi connectivity index (χ2n) is 4.53. The van der Waals surface area contributed by atoms with Gasteiger partial charge in [0.2, 0.25) is 0 Å². The summed E-state index contributed by atoms with van der Waals surface area (Å²) in [5.41, 5.74) is 6.23. The van der Waals surface area contributed by atoms with Gasteiger partial charge in [0, 0.05) is 17.1 Å². The zero-order valence-corrected chi connectivity index (χ0v) is 11.9. The lowest BCUT2D eigenvalue weighted by Gasteiger charge is -2.03. The van der Waals surface area contributed by atoms with Crippen LogP contribution in [-0.2, 0) is 13.6 Å². The number of anilines is 1. The summed E-state index contributed by atoms with van der Waals surface area (Å²) in [5.74, 6) is -0.0516. The molecule has 0 aliphatic rings. The van der Waals surface area contributed by atoms with E-state index in [2.05, 4.69) is 15.5 Å². The summed E-state index contributed by atoms with van der Waals surface area (Å²) in [6, 6.07) is 4.30. The average molecular weight is 305 g/mol. The monoisotopic (exact) mass is 305 g/mol. The molecule has 0 unspecified atom stereocenters. The standard InChI is InChI=1S/C13H12FN5OS/c1-19-6-17-18-10(19)5-16-13(20)12-11(15)8-4-7(14)2-3-9(8)21-12/h2-4,6H,5,15H2,1H3,(H,16,20). The van der Waals surface area contributed by atoms with Gasteiger partial charge in [0.05, 0.1) is 12.2 Å².